The number of aromatic nitrogens is 1. The van der Waals surface area contributed by atoms with E-state index in [0.29, 0.717) is 31.7 Å². The highest BCUT2D eigenvalue weighted by Gasteiger charge is 2.28. The number of para-hydroxylation sites is 1. The second-order valence-corrected chi connectivity index (χ2v) is 8.01. The van der Waals surface area contributed by atoms with Crippen molar-refractivity contribution in [2.45, 2.75) is 26.7 Å². The van der Waals surface area contributed by atoms with Gasteiger partial charge in [0.1, 0.15) is 0 Å². The fraction of sp³-hybridized carbons (Fsp3) is 0.500. The van der Waals surface area contributed by atoms with Crippen molar-refractivity contribution in [2.24, 2.45) is 5.92 Å². The third kappa shape index (κ3) is 3.55. The van der Waals surface area contributed by atoms with Gasteiger partial charge in [-0.25, -0.2) is 0 Å². The number of nitrogens with zero attached hydrogens (tertiary/aromatic N) is 4. The molecule has 0 bridgehead atoms. The maximum Gasteiger partial charge on any atom is 0.257 e. The number of piperidine rings is 1. The molecule has 0 unspecified atom stereocenters. The molecule has 6 heteroatoms. The summed E-state index contributed by atoms with van der Waals surface area (Å²) in [5.41, 5.74) is 2.63. The molecule has 0 radical (unpaired) electrons. The quantitative estimate of drug-likeness (QED) is 0.804. The van der Waals surface area contributed by atoms with Gasteiger partial charge in [-0.15, -0.1) is 0 Å². The first-order valence-electron chi connectivity index (χ1n) is 10.2. The molecule has 0 spiro atoms. The maximum atomic E-state index is 13.4. The van der Waals surface area contributed by atoms with Crippen LogP contribution in [0.25, 0.3) is 10.9 Å². The molecular weight excluding hydrogens is 352 g/mol. The minimum Gasteiger partial charge on any atom is -0.370 e. The Labute approximate surface area is 166 Å². The third-order valence-corrected chi connectivity index (χ3v) is 6.09. The Morgan fingerprint density at radius 1 is 0.964 bits per heavy atom. The summed E-state index contributed by atoms with van der Waals surface area (Å²) in [4.78, 5) is 35.6. The summed E-state index contributed by atoms with van der Waals surface area (Å²) in [6.07, 6.45) is 4.03. The average Bonchev–Trinajstić information content (AvgIpc) is 2.73. The lowest BCUT2D eigenvalue weighted by molar-refractivity contribution is -0.130. The first-order valence-corrected chi connectivity index (χ1v) is 10.2. The fourth-order valence-electron chi connectivity index (χ4n) is 4.25. The Kier molecular flexibility index (Phi) is 5.20. The Bertz CT molecular complexity index is 881. The number of hydrogen-bond donors (Lipinski definition) is 0. The van der Waals surface area contributed by atoms with Crippen LogP contribution in [0.5, 0.6) is 0 Å². The van der Waals surface area contributed by atoms with Crippen molar-refractivity contribution in [3.05, 3.63) is 36.0 Å². The fourth-order valence-corrected chi connectivity index (χ4v) is 4.25. The zero-order valence-corrected chi connectivity index (χ0v) is 16.7. The Hall–Kier alpha value is -2.63. The third-order valence-electron chi connectivity index (χ3n) is 6.09. The first kappa shape index (κ1) is 18.7. The van der Waals surface area contributed by atoms with Gasteiger partial charge in [0.25, 0.3) is 5.91 Å². The monoisotopic (exact) mass is 380 g/mol. The average molecular weight is 380 g/mol. The lowest BCUT2D eigenvalue weighted by Crippen LogP contribution is -2.50. The van der Waals surface area contributed by atoms with E-state index in [1.165, 1.54) is 0 Å². The normalized spacial score (nSPS) is 18.6. The molecule has 0 aliphatic carbocycles. The van der Waals surface area contributed by atoms with Gasteiger partial charge in [0.05, 0.1) is 16.8 Å². The predicted molar refractivity (Wildman–Crippen MR) is 111 cm³/mol. The number of piperazine rings is 1. The molecule has 2 amide bonds. The lowest BCUT2D eigenvalue weighted by atomic mass is 9.97. The minimum absolute atomic E-state index is 0.0232. The van der Waals surface area contributed by atoms with Crippen molar-refractivity contribution in [1.29, 1.82) is 0 Å². The number of fused-ring (bicyclic) bond motifs is 1. The number of hydrogen-bond acceptors (Lipinski definition) is 4. The van der Waals surface area contributed by atoms with E-state index in [9.17, 15) is 9.59 Å². The van der Waals surface area contributed by atoms with E-state index in [1.807, 2.05) is 23.1 Å². The Morgan fingerprint density at radius 2 is 1.61 bits per heavy atom. The first-order chi connectivity index (χ1) is 13.5. The van der Waals surface area contributed by atoms with E-state index < -0.39 is 0 Å². The van der Waals surface area contributed by atoms with Crippen LogP contribution in [0.1, 0.15) is 37.0 Å². The van der Waals surface area contributed by atoms with Crippen LogP contribution < -0.4 is 4.90 Å². The number of anilines is 1. The van der Waals surface area contributed by atoms with Crippen LogP contribution in [0.2, 0.25) is 0 Å². The molecule has 2 aliphatic rings. The number of carbonyl (C=O) groups is 2. The van der Waals surface area contributed by atoms with Crippen molar-refractivity contribution in [3.63, 3.8) is 0 Å². The smallest absolute Gasteiger partial charge is 0.257 e. The van der Waals surface area contributed by atoms with E-state index in [-0.39, 0.29) is 11.8 Å². The van der Waals surface area contributed by atoms with E-state index in [1.54, 1.807) is 18.0 Å². The summed E-state index contributed by atoms with van der Waals surface area (Å²) in [5.74, 6) is 0.820. The zero-order valence-electron chi connectivity index (χ0n) is 16.7. The molecule has 2 aliphatic heterocycles. The summed E-state index contributed by atoms with van der Waals surface area (Å²) >= 11 is 0. The molecule has 1 aromatic carbocycles. The zero-order chi connectivity index (χ0) is 19.7. The summed E-state index contributed by atoms with van der Waals surface area (Å²) in [6.45, 7) is 8.14. The molecule has 3 heterocycles. The van der Waals surface area contributed by atoms with Gasteiger partial charge >= 0.3 is 0 Å². The summed E-state index contributed by atoms with van der Waals surface area (Å²) in [7, 11) is 0. The minimum atomic E-state index is 0.0232. The molecule has 28 heavy (non-hydrogen) atoms. The summed E-state index contributed by atoms with van der Waals surface area (Å²) in [6, 6.07) is 8.07. The number of rotatable bonds is 2. The van der Waals surface area contributed by atoms with Gasteiger partial charge in [0.2, 0.25) is 5.91 Å². The largest absolute Gasteiger partial charge is 0.370 e. The topological polar surface area (TPSA) is 56.8 Å². The second kappa shape index (κ2) is 7.78. The van der Waals surface area contributed by atoms with Crippen molar-refractivity contribution in [3.8, 4) is 0 Å². The SMILES string of the molecule is CC(=O)N1CCN(C(=O)c2cnc3ccccc3c2N2CCC(C)CC2)CC1. The van der Waals surface area contributed by atoms with Crippen LogP contribution in [0, 0.1) is 5.92 Å². The molecule has 6 nitrogen and oxygen atoms in total. The highest BCUT2D eigenvalue weighted by atomic mass is 16.2. The summed E-state index contributed by atoms with van der Waals surface area (Å²) < 4.78 is 0. The van der Waals surface area contributed by atoms with Gasteiger partial charge in [-0.1, -0.05) is 25.1 Å². The van der Waals surface area contributed by atoms with E-state index in [4.69, 9.17) is 0 Å². The van der Waals surface area contributed by atoms with Gasteiger partial charge in [-0.3, -0.25) is 14.6 Å². The number of carbonyl (C=O) groups excluding carboxylic acids is 2. The van der Waals surface area contributed by atoms with Crippen LogP contribution in [-0.2, 0) is 4.79 Å². The van der Waals surface area contributed by atoms with Crippen LogP contribution in [0.15, 0.2) is 30.5 Å². The van der Waals surface area contributed by atoms with Crippen LogP contribution >= 0.6 is 0 Å². The highest BCUT2D eigenvalue weighted by Crippen LogP contribution is 2.33. The molecule has 2 saturated heterocycles. The van der Waals surface area contributed by atoms with Crippen LogP contribution in [0.3, 0.4) is 0 Å². The van der Waals surface area contributed by atoms with Gasteiger partial charge in [-0.05, 0) is 24.8 Å². The molecule has 1 aromatic heterocycles. The molecule has 0 N–H and O–H groups in total. The van der Waals surface area contributed by atoms with Crippen molar-refractivity contribution in [1.82, 2.24) is 14.8 Å². The standard InChI is InChI=1S/C22H28N4O2/c1-16-7-9-25(10-8-16)21-18-5-3-4-6-20(18)23-15-19(21)22(28)26-13-11-24(12-14-26)17(2)27/h3-6,15-16H,7-14H2,1-2H3. The van der Waals surface area contributed by atoms with E-state index in [0.717, 1.165) is 48.4 Å². The van der Waals surface area contributed by atoms with Crippen LogP contribution in [0.4, 0.5) is 5.69 Å². The highest BCUT2D eigenvalue weighted by molar-refractivity contribution is 6.07. The van der Waals surface area contributed by atoms with Crippen molar-refractivity contribution < 1.29 is 9.59 Å². The number of amides is 2. The number of benzene rings is 1. The van der Waals surface area contributed by atoms with Crippen molar-refractivity contribution >= 4 is 28.4 Å². The molecule has 148 valence electrons. The predicted octanol–water partition coefficient (Wildman–Crippen LogP) is 2.78. The lowest BCUT2D eigenvalue weighted by Gasteiger charge is -2.37. The Balaban J connectivity index is 1.67. The van der Waals surface area contributed by atoms with Gasteiger partial charge < -0.3 is 14.7 Å². The molecule has 2 aromatic rings. The van der Waals surface area contributed by atoms with E-state index in [2.05, 4.69) is 22.9 Å². The van der Waals surface area contributed by atoms with E-state index >= 15 is 0 Å². The number of pyridine rings is 1. The van der Waals surface area contributed by atoms with Crippen LogP contribution in [-0.4, -0.2) is 65.9 Å². The molecule has 4 rings (SSSR count). The molecule has 0 atom stereocenters. The van der Waals surface area contributed by atoms with Gasteiger partial charge in [0, 0.05) is 57.8 Å². The molecular formula is C22H28N4O2. The van der Waals surface area contributed by atoms with Crippen molar-refractivity contribution in [2.75, 3.05) is 44.2 Å². The Morgan fingerprint density at radius 3 is 2.29 bits per heavy atom. The molecule has 0 saturated carbocycles. The van der Waals surface area contributed by atoms with Gasteiger partial charge in [0.15, 0.2) is 0 Å². The second-order valence-electron chi connectivity index (χ2n) is 8.01. The molecule has 2 fully saturated rings. The van der Waals surface area contributed by atoms with Gasteiger partial charge in [-0.2, -0.15) is 0 Å². The maximum absolute atomic E-state index is 13.4. The summed E-state index contributed by atoms with van der Waals surface area (Å²) in [5, 5.41) is 1.05.